The van der Waals surface area contributed by atoms with Gasteiger partial charge in [-0.05, 0) is 73.5 Å². The average Bonchev–Trinajstić information content (AvgIpc) is 3.23. The van der Waals surface area contributed by atoms with E-state index >= 15 is 0 Å². The molecule has 2 heterocycles. The SMILES string of the molecule is CC[C@@H](NS(=O)C(C)(C)C)c1cn2cc(C3CC3)cc(Br)c2n1. The van der Waals surface area contributed by atoms with E-state index < -0.39 is 11.0 Å². The summed E-state index contributed by atoms with van der Waals surface area (Å²) in [5.74, 6) is 0.704. The summed E-state index contributed by atoms with van der Waals surface area (Å²) >= 11 is 3.65. The number of fused-ring (bicyclic) bond motifs is 1. The molecule has 2 aromatic heterocycles. The maximum atomic E-state index is 12.4. The van der Waals surface area contributed by atoms with Gasteiger partial charge in [-0.3, -0.25) is 0 Å². The lowest BCUT2D eigenvalue weighted by molar-refractivity contribution is 0.582. The molecule has 2 aromatic rings. The van der Waals surface area contributed by atoms with Gasteiger partial charge in [0.2, 0.25) is 0 Å². The van der Waals surface area contributed by atoms with Crippen molar-refractivity contribution >= 4 is 32.6 Å². The third-order valence-corrected chi connectivity index (χ3v) is 6.36. The van der Waals surface area contributed by atoms with Crippen molar-refractivity contribution < 1.29 is 4.21 Å². The van der Waals surface area contributed by atoms with Gasteiger partial charge in [-0.2, -0.15) is 0 Å². The van der Waals surface area contributed by atoms with Crippen LogP contribution in [0, 0.1) is 0 Å². The molecule has 23 heavy (non-hydrogen) atoms. The molecule has 0 radical (unpaired) electrons. The topological polar surface area (TPSA) is 46.4 Å². The zero-order chi connectivity index (χ0) is 16.8. The number of aromatic nitrogens is 2. The fourth-order valence-electron chi connectivity index (χ4n) is 2.56. The van der Waals surface area contributed by atoms with E-state index in [1.165, 1.54) is 18.4 Å². The van der Waals surface area contributed by atoms with E-state index in [1.807, 2.05) is 20.8 Å². The van der Waals surface area contributed by atoms with Gasteiger partial charge in [0.25, 0.3) is 0 Å². The first-order valence-electron chi connectivity index (χ1n) is 8.15. The van der Waals surface area contributed by atoms with Gasteiger partial charge in [-0.1, -0.05) is 6.92 Å². The minimum absolute atomic E-state index is 0.00812. The van der Waals surface area contributed by atoms with Crippen LogP contribution in [0.3, 0.4) is 0 Å². The second kappa shape index (κ2) is 6.30. The first-order valence-corrected chi connectivity index (χ1v) is 10.1. The molecule has 1 N–H and O–H groups in total. The molecule has 1 fully saturated rings. The van der Waals surface area contributed by atoms with E-state index in [4.69, 9.17) is 4.98 Å². The van der Waals surface area contributed by atoms with E-state index in [1.54, 1.807) is 0 Å². The van der Waals surface area contributed by atoms with Crippen molar-refractivity contribution in [2.24, 2.45) is 0 Å². The monoisotopic (exact) mass is 397 g/mol. The summed E-state index contributed by atoms with van der Waals surface area (Å²) in [6.07, 6.45) is 7.65. The number of hydrogen-bond acceptors (Lipinski definition) is 2. The Balaban J connectivity index is 1.91. The number of hydrogen-bond donors (Lipinski definition) is 1. The van der Waals surface area contributed by atoms with E-state index in [2.05, 4.69) is 50.4 Å². The Bertz CT molecular complexity index is 746. The molecule has 3 rings (SSSR count). The summed E-state index contributed by atoms with van der Waals surface area (Å²) in [5, 5.41) is 0. The van der Waals surface area contributed by atoms with Crippen molar-refractivity contribution in [2.75, 3.05) is 0 Å². The predicted molar refractivity (Wildman–Crippen MR) is 98.9 cm³/mol. The fraction of sp³-hybridized carbons (Fsp3) is 0.588. The Kier molecular flexibility index (Phi) is 4.69. The number of halogens is 1. The maximum absolute atomic E-state index is 12.4. The van der Waals surface area contributed by atoms with Crippen LogP contribution in [0.5, 0.6) is 0 Å². The number of nitrogens with zero attached hydrogens (tertiary/aromatic N) is 2. The van der Waals surface area contributed by atoms with Crippen LogP contribution in [0.15, 0.2) is 22.9 Å². The molecule has 2 atom stereocenters. The molecule has 0 amide bonds. The second-order valence-corrected chi connectivity index (χ2v) is 10.1. The van der Waals surface area contributed by atoms with Crippen LogP contribution >= 0.6 is 15.9 Å². The first-order chi connectivity index (χ1) is 10.8. The van der Waals surface area contributed by atoms with E-state index in [0.717, 1.165) is 22.2 Å². The van der Waals surface area contributed by atoms with Crippen molar-refractivity contribution in [3.05, 3.63) is 34.2 Å². The van der Waals surface area contributed by atoms with Gasteiger partial charge < -0.3 is 4.40 Å². The third kappa shape index (κ3) is 3.69. The average molecular weight is 398 g/mol. The number of pyridine rings is 1. The summed E-state index contributed by atoms with van der Waals surface area (Å²) in [4.78, 5) is 4.76. The van der Waals surface area contributed by atoms with Crippen molar-refractivity contribution in [3.8, 4) is 0 Å². The van der Waals surface area contributed by atoms with Gasteiger partial charge in [-0.15, -0.1) is 0 Å². The van der Waals surface area contributed by atoms with E-state index in [0.29, 0.717) is 5.92 Å². The van der Waals surface area contributed by atoms with E-state index in [-0.39, 0.29) is 10.8 Å². The lowest BCUT2D eigenvalue weighted by Gasteiger charge is -2.22. The van der Waals surface area contributed by atoms with Gasteiger partial charge in [0, 0.05) is 12.4 Å². The zero-order valence-electron chi connectivity index (χ0n) is 14.1. The highest BCUT2D eigenvalue weighted by atomic mass is 79.9. The summed E-state index contributed by atoms with van der Waals surface area (Å²) < 4.78 is 18.5. The van der Waals surface area contributed by atoms with Crippen molar-refractivity contribution in [1.82, 2.24) is 14.1 Å². The van der Waals surface area contributed by atoms with Crippen LogP contribution in [0.4, 0.5) is 0 Å². The molecule has 0 aromatic carbocycles. The van der Waals surface area contributed by atoms with Gasteiger partial charge in [0.1, 0.15) is 0 Å². The highest BCUT2D eigenvalue weighted by Crippen LogP contribution is 2.41. The van der Waals surface area contributed by atoms with Crippen LogP contribution in [0.25, 0.3) is 5.65 Å². The largest absolute Gasteiger partial charge is 0.306 e. The molecule has 4 nitrogen and oxygen atoms in total. The van der Waals surface area contributed by atoms with E-state index in [9.17, 15) is 4.21 Å². The Morgan fingerprint density at radius 3 is 2.70 bits per heavy atom. The maximum Gasteiger partial charge on any atom is 0.151 e. The summed E-state index contributed by atoms with van der Waals surface area (Å²) in [5.41, 5.74) is 3.23. The molecule has 126 valence electrons. The van der Waals surface area contributed by atoms with Crippen LogP contribution < -0.4 is 4.72 Å². The Morgan fingerprint density at radius 1 is 1.43 bits per heavy atom. The highest BCUT2D eigenvalue weighted by Gasteiger charge is 2.26. The molecular formula is C17H24BrN3OS. The molecule has 6 heteroatoms. The van der Waals surface area contributed by atoms with Crippen LogP contribution in [0.1, 0.15) is 70.2 Å². The Morgan fingerprint density at radius 2 is 2.13 bits per heavy atom. The van der Waals surface area contributed by atoms with Crippen LogP contribution in [-0.2, 0) is 11.0 Å². The minimum atomic E-state index is -1.11. The molecule has 0 saturated heterocycles. The normalized spacial score (nSPS) is 18.3. The third-order valence-electron chi connectivity index (χ3n) is 4.17. The highest BCUT2D eigenvalue weighted by molar-refractivity contribution is 9.10. The van der Waals surface area contributed by atoms with Crippen LogP contribution in [-0.4, -0.2) is 18.3 Å². The van der Waals surface area contributed by atoms with Gasteiger partial charge in [-0.25, -0.2) is 13.9 Å². The first kappa shape index (κ1) is 17.1. The molecule has 0 aliphatic heterocycles. The molecule has 0 bridgehead atoms. The molecular weight excluding hydrogens is 374 g/mol. The standard InChI is InChI=1S/C17H24BrN3OS/c1-5-14(20-23(22)17(2,3)4)15-10-21-9-12(11-6-7-11)8-13(18)16(21)19-15/h8-11,14,20H,5-7H2,1-4H3/t14-,23?/m1/s1. The van der Waals surface area contributed by atoms with Crippen molar-refractivity contribution in [1.29, 1.82) is 0 Å². The molecule has 1 aliphatic carbocycles. The number of nitrogens with one attached hydrogen (secondary N) is 1. The molecule has 0 spiro atoms. The lowest BCUT2D eigenvalue weighted by atomic mass is 10.2. The van der Waals surface area contributed by atoms with Gasteiger partial charge in [0.05, 0.1) is 31.9 Å². The minimum Gasteiger partial charge on any atom is -0.306 e. The van der Waals surface area contributed by atoms with Crippen molar-refractivity contribution in [2.45, 2.75) is 63.7 Å². The summed E-state index contributed by atoms with van der Waals surface area (Å²) in [6, 6.07) is 2.18. The smallest absolute Gasteiger partial charge is 0.151 e. The lowest BCUT2D eigenvalue weighted by Crippen LogP contribution is -2.35. The molecule has 1 aliphatic rings. The number of imidazole rings is 1. The van der Waals surface area contributed by atoms with Gasteiger partial charge in [0.15, 0.2) is 5.65 Å². The number of rotatable bonds is 5. The second-order valence-electron chi connectivity index (χ2n) is 7.25. The molecule has 1 unspecified atom stereocenters. The quantitative estimate of drug-likeness (QED) is 0.808. The Hall–Kier alpha value is -0.720. The van der Waals surface area contributed by atoms with Gasteiger partial charge >= 0.3 is 0 Å². The van der Waals surface area contributed by atoms with Crippen LogP contribution in [0.2, 0.25) is 0 Å². The fourth-order valence-corrected chi connectivity index (χ4v) is 4.02. The zero-order valence-corrected chi connectivity index (χ0v) is 16.5. The Labute approximate surface area is 148 Å². The summed E-state index contributed by atoms with van der Waals surface area (Å²) in [7, 11) is -1.11. The molecule has 1 saturated carbocycles. The van der Waals surface area contributed by atoms with Crippen molar-refractivity contribution in [3.63, 3.8) is 0 Å². The predicted octanol–water partition coefficient (Wildman–Crippen LogP) is 4.48. The summed E-state index contributed by atoms with van der Waals surface area (Å²) in [6.45, 7) is 8.02.